The van der Waals surface area contributed by atoms with E-state index in [4.69, 9.17) is 11.6 Å². The van der Waals surface area contributed by atoms with Crippen LogP contribution in [0.4, 0.5) is 5.95 Å². The molecule has 1 amide bonds. The van der Waals surface area contributed by atoms with Crippen molar-refractivity contribution < 1.29 is 4.79 Å². The lowest BCUT2D eigenvalue weighted by atomic mass is 10.4. The predicted molar refractivity (Wildman–Crippen MR) is 72.3 cm³/mol. The molecule has 6 nitrogen and oxygen atoms in total. The molecule has 1 aliphatic heterocycles. The Labute approximate surface area is 115 Å². The van der Waals surface area contributed by atoms with E-state index in [1.165, 1.54) is 0 Å². The summed E-state index contributed by atoms with van der Waals surface area (Å²) in [7, 11) is 0. The monoisotopic (exact) mass is 279 g/mol. The van der Waals surface area contributed by atoms with Crippen LogP contribution in [0.15, 0.2) is 18.3 Å². The van der Waals surface area contributed by atoms with Crippen LogP contribution in [0.5, 0.6) is 0 Å². The minimum atomic E-state index is 0.0920. The molecule has 0 spiro atoms. The van der Waals surface area contributed by atoms with Crippen LogP contribution in [0.25, 0.3) is 5.65 Å². The fourth-order valence-corrected chi connectivity index (χ4v) is 2.32. The van der Waals surface area contributed by atoms with Gasteiger partial charge in [0.25, 0.3) is 0 Å². The number of nitrogens with zero attached hydrogens (tertiary/aromatic N) is 4. The molecule has 2 aromatic heterocycles. The van der Waals surface area contributed by atoms with Crippen molar-refractivity contribution in [2.45, 2.75) is 12.8 Å². The number of carbonyl (C=O) groups excluding carboxylic acids is 1. The minimum Gasteiger partial charge on any atom is -0.344 e. The van der Waals surface area contributed by atoms with E-state index in [2.05, 4.69) is 15.4 Å². The lowest BCUT2D eigenvalue weighted by Gasteiger charge is -2.14. The SMILES string of the molecule is O=C(CNc1nc2ccc(Cl)cn2n1)N1CCCC1. The number of hydrogen-bond donors (Lipinski definition) is 1. The quantitative estimate of drug-likeness (QED) is 0.923. The molecule has 0 bridgehead atoms. The Morgan fingerprint density at radius 1 is 1.37 bits per heavy atom. The van der Waals surface area contributed by atoms with E-state index in [0.29, 0.717) is 16.6 Å². The highest BCUT2D eigenvalue weighted by atomic mass is 35.5. The molecule has 0 aliphatic carbocycles. The average molecular weight is 280 g/mol. The molecule has 1 saturated heterocycles. The summed E-state index contributed by atoms with van der Waals surface area (Å²) < 4.78 is 1.59. The highest BCUT2D eigenvalue weighted by Crippen LogP contribution is 2.12. The number of halogens is 1. The van der Waals surface area contributed by atoms with Crippen molar-refractivity contribution in [3.63, 3.8) is 0 Å². The molecule has 2 aromatic rings. The summed E-state index contributed by atoms with van der Waals surface area (Å²) >= 11 is 5.87. The number of pyridine rings is 1. The number of rotatable bonds is 3. The van der Waals surface area contributed by atoms with Crippen LogP contribution < -0.4 is 5.32 Å². The molecule has 0 aromatic carbocycles. The van der Waals surface area contributed by atoms with Gasteiger partial charge in [-0.3, -0.25) is 4.79 Å². The van der Waals surface area contributed by atoms with Gasteiger partial charge in [-0.25, -0.2) is 4.52 Å². The molecule has 7 heteroatoms. The van der Waals surface area contributed by atoms with E-state index in [0.717, 1.165) is 25.9 Å². The Morgan fingerprint density at radius 2 is 2.16 bits per heavy atom. The van der Waals surface area contributed by atoms with E-state index < -0.39 is 0 Å². The second-order valence-corrected chi connectivity index (χ2v) is 4.96. The fraction of sp³-hybridized carbons (Fsp3) is 0.417. The first-order chi connectivity index (χ1) is 9.22. The maximum Gasteiger partial charge on any atom is 0.243 e. The zero-order chi connectivity index (χ0) is 13.2. The van der Waals surface area contributed by atoms with Crippen LogP contribution in [-0.2, 0) is 4.79 Å². The number of anilines is 1. The maximum atomic E-state index is 11.9. The van der Waals surface area contributed by atoms with Gasteiger partial charge in [-0.05, 0) is 25.0 Å². The third kappa shape index (κ3) is 2.63. The Hall–Kier alpha value is -1.82. The number of fused-ring (bicyclic) bond motifs is 1. The van der Waals surface area contributed by atoms with Crippen molar-refractivity contribution in [1.29, 1.82) is 0 Å². The Bertz CT molecular complexity index is 605. The summed E-state index contributed by atoms with van der Waals surface area (Å²) in [5, 5.41) is 7.76. The van der Waals surface area contributed by atoms with Crippen LogP contribution in [0, 0.1) is 0 Å². The van der Waals surface area contributed by atoms with Crippen LogP contribution >= 0.6 is 11.6 Å². The Morgan fingerprint density at radius 3 is 2.95 bits per heavy atom. The topological polar surface area (TPSA) is 62.5 Å². The lowest BCUT2D eigenvalue weighted by Crippen LogP contribution is -2.33. The highest BCUT2D eigenvalue weighted by Gasteiger charge is 2.17. The Balaban J connectivity index is 1.66. The summed E-state index contributed by atoms with van der Waals surface area (Å²) in [5.74, 6) is 0.532. The van der Waals surface area contributed by atoms with Crippen molar-refractivity contribution in [2.24, 2.45) is 0 Å². The first-order valence-corrected chi connectivity index (χ1v) is 6.64. The summed E-state index contributed by atoms with van der Waals surface area (Å²) in [6.07, 6.45) is 3.87. The van der Waals surface area contributed by atoms with Gasteiger partial charge in [-0.2, -0.15) is 4.98 Å². The predicted octanol–water partition coefficient (Wildman–Crippen LogP) is 1.42. The Kier molecular flexibility index (Phi) is 3.25. The fourth-order valence-electron chi connectivity index (χ4n) is 2.17. The number of nitrogens with one attached hydrogen (secondary N) is 1. The summed E-state index contributed by atoms with van der Waals surface area (Å²) in [6.45, 7) is 1.94. The van der Waals surface area contributed by atoms with E-state index in [1.54, 1.807) is 22.8 Å². The average Bonchev–Trinajstić information content (AvgIpc) is 3.04. The number of carbonyl (C=O) groups is 1. The van der Waals surface area contributed by atoms with Crippen molar-refractivity contribution >= 4 is 29.1 Å². The third-order valence-electron chi connectivity index (χ3n) is 3.15. The molecular weight excluding hydrogens is 266 g/mol. The molecule has 0 unspecified atom stereocenters. The van der Waals surface area contributed by atoms with Gasteiger partial charge in [-0.1, -0.05) is 11.6 Å². The van der Waals surface area contributed by atoms with Gasteiger partial charge in [0.15, 0.2) is 5.65 Å². The van der Waals surface area contributed by atoms with Gasteiger partial charge in [0.2, 0.25) is 11.9 Å². The molecule has 19 heavy (non-hydrogen) atoms. The molecule has 1 aliphatic rings. The first-order valence-electron chi connectivity index (χ1n) is 6.26. The number of aromatic nitrogens is 3. The molecule has 0 saturated carbocycles. The van der Waals surface area contributed by atoms with Crippen molar-refractivity contribution in [1.82, 2.24) is 19.5 Å². The number of likely N-dealkylation sites (tertiary alicyclic amines) is 1. The lowest BCUT2D eigenvalue weighted by molar-refractivity contribution is -0.128. The standard InChI is InChI=1S/C12H14ClN5O/c13-9-3-4-10-15-12(16-18(10)8-9)14-7-11(19)17-5-1-2-6-17/h3-4,8H,1-2,5-7H2,(H,14,16). The van der Waals surface area contributed by atoms with Crippen LogP contribution in [0.3, 0.4) is 0 Å². The number of amides is 1. The number of hydrogen-bond acceptors (Lipinski definition) is 4. The van der Waals surface area contributed by atoms with Crippen molar-refractivity contribution in [2.75, 3.05) is 25.0 Å². The minimum absolute atomic E-state index is 0.0920. The third-order valence-corrected chi connectivity index (χ3v) is 3.37. The van der Waals surface area contributed by atoms with Crippen molar-refractivity contribution in [3.8, 4) is 0 Å². The highest BCUT2D eigenvalue weighted by molar-refractivity contribution is 6.30. The van der Waals surface area contributed by atoms with Crippen LogP contribution in [0.2, 0.25) is 5.02 Å². The molecule has 1 fully saturated rings. The van der Waals surface area contributed by atoms with Gasteiger partial charge in [0, 0.05) is 19.3 Å². The zero-order valence-electron chi connectivity index (χ0n) is 10.3. The van der Waals surface area contributed by atoms with E-state index >= 15 is 0 Å². The van der Waals surface area contributed by atoms with Crippen molar-refractivity contribution in [3.05, 3.63) is 23.4 Å². The summed E-state index contributed by atoms with van der Waals surface area (Å²) in [4.78, 5) is 18.0. The van der Waals surface area contributed by atoms with E-state index in [-0.39, 0.29) is 12.5 Å². The second kappa shape index (κ2) is 5.05. The molecule has 0 radical (unpaired) electrons. The first kappa shape index (κ1) is 12.2. The zero-order valence-corrected chi connectivity index (χ0v) is 11.1. The normalized spacial score (nSPS) is 15.1. The van der Waals surface area contributed by atoms with E-state index in [9.17, 15) is 4.79 Å². The summed E-state index contributed by atoms with van der Waals surface area (Å²) in [5.41, 5.74) is 0.695. The van der Waals surface area contributed by atoms with Crippen LogP contribution in [0.1, 0.15) is 12.8 Å². The summed E-state index contributed by atoms with van der Waals surface area (Å²) in [6, 6.07) is 3.54. The molecular formula is C12H14ClN5O. The smallest absolute Gasteiger partial charge is 0.243 e. The van der Waals surface area contributed by atoms with Gasteiger partial charge in [0.1, 0.15) is 0 Å². The maximum absolute atomic E-state index is 11.9. The second-order valence-electron chi connectivity index (χ2n) is 4.53. The molecule has 0 atom stereocenters. The van der Waals surface area contributed by atoms with Gasteiger partial charge in [-0.15, -0.1) is 5.10 Å². The van der Waals surface area contributed by atoms with Crippen LogP contribution in [-0.4, -0.2) is 45.0 Å². The van der Waals surface area contributed by atoms with Gasteiger partial charge in [0.05, 0.1) is 11.6 Å². The largest absolute Gasteiger partial charge is 0.344 e. The molecule has 3 heterocycles. The van der Waals surface area contributed by atoms with Gasteiger partial charge >= 0.3 is 0 Å². The van der Waals surface area contributed by atoms with Gasteiger partial charge < -0.3 is 10.2 Å². The molecule has 1 N–H and O–H groups in total. The van der Waals surface area contributed by atoms with E-state index in [1.807, 2.05) is 4.90 Å². The molecule has 100 valence electrons. The molecule has 3 rings (SSSR count).